The number of anilines is 1. The highest BCUT2D eigenvalue weighted by atomic mass is 16.5. The van der Waals surface area contributed by atoms with Gasteiger partial charge in [0, 0.05) is 5.54 Å². The second-order valence-electron chi connectivity index (χ2n) is 5.31. The number of rotatable bonds is 5. The third-order valence-corrected chi connectivity index (χ3v) is 2.01. The van der Waals surface area contributed by atoms with E-state index in [1.165, 1.54) is 0 Å². The van der Waals surface area contributed by atoms with Gasteiger partial charge in [-0.1, -0.05) is 4.79 Å². The normalized spacial score (nSPS) is 12.1. The fourth-order valence-corrected chi connectivity index (χ4v) is 1.33. The van der Waals surface area contributed by atoms with Crippen molar-refractivity contribution in [3.63, 3.8) is 0 Å². The van der Waals surface area contributed by atoms with Gasteiger partial charge in [0.1, 0.15) is 0 Å². The summed E-state index contributed by atoms with van der Waals surface area (Å²) in [6.45, 7) is 10.6. The van der Waals surface area contributed by atoms with E-state index in [-0.39, 0.29) is 11.6 Å². The average Bonchev–Trinajstić information content (AvgIpc) is 2.46. The summed E-state index contributed by atoms with van der Waals surface area (Å²) in [5.41, 5.74) is 0.570. The van der Waals surface area contributed by atoms with E-state index < -0.39 is 0 Å². The predicted octanol–water partition coefficient (Wildman–Crippen LogP) is 1.96. The molecule has 0 atom stereocenters. The topological polar surface area (TPSA) is 75.0 Å². The van der Waals surface area contributed by atoms with Crippen LogP contribution in [0.2, 0.25) is 0 Å². The molecule has 2 N–H and O–H groups in total. The Morgan fingerprint density at radius 3 is 2.65 bits per heavy atom. The molecule has 0 unspecified atom stereocenters. The van der Waals surface area contributed by atoms with Crippen LogP contribution in [0.4, 0.5) is 5.88 Å². The molecule has 0 spiro atoms. The van der Waals surface area contributed by atoms with Crippen LogP contribution in [0, 0.1) is 0 Å². The monoisotopic (exact) mass is 242 g/mol. The molecule has 0 saturated heterocycles. The summed E-state index contributed by atoms with van der Waals surface area (Å²) in [6.07, 6.45) is 0.789. The van der Waals surface area contributed by atoms with Gasteiger partial charge in [0.25, 0.3) is 11.6 Å². The number of ether oxygens (including phenoxy) is 1. The Kier molecular flexibility index (Phi) is 4.34. The molecular weight excluding hydrogens is 220 g/mol. The molecule has 0 aromatic carbocycles. The van der Waals surface area contributed by atoms with Gasteiger partial charge in [0.15, 0.2) is 0 Å². The minimum absolute atomic E-state index is 0.125. The lowest BCUT2D eigenvalue weighted by molar-refractivity contribution is -0.686. The van der Waals surface area contributed by atoms with Crippen LogP contribution >= 0.6 is 0 Å². The second kappa shape index (κ2) is 5.35. The molecule has 1 rings (SSSR count). The van der Waals surface area contributed by atoms with Gasteiger partial charge in [-0.25, -0.2) is 5.84 Å². The molecule has 0 saturated carbocycles. The smallest absolute Gasteiger partial charge is 0.271 e. The van der Waals surface area contributed by atoms with Crippen molar-refractivity contribution < 1.29 is 14.1 Å². The van der Waals surface area contributed by atoms with Crippen LogP contribution < -0.4 is 10.1 Å². The maximum Gasteiger partial charge on any atom is 0.271 e. The Morgan fingerprint density at radius 1 is 1.47 bits per heavy atom. The summed E-state index contributed by atoms with van der Waals surface area (Å²) in [6, 6.07) is 0. The Hall–Kier alpha value is -1.30. The first-order chi connectivity index (χ1) is 7.79. The van der Waals surface area contributed by atoms with Gasteiger partial charge in [-0.05, 0) is 39.9 Å². The highest BCUT2D eigenvalue weighted by Crippen LogP contribution is 2.17. The van der Waals surface area contributed by atoms with E-state index in [2.05, 4.69) is 10.6 Å². The fourth-order valence-electron chi connectivity index (χ4n) is 1.33. The maximum atomic E-state index is 7.60. The van der Waals surface area contributed by atoms with Crippen LogP contribution in [-0.4, -0.2) is 23.5 Å². The Morgan fingerprint density at radius 2 is 2.12 bits per heavy atom. The van der Waals surface area contributed by atoms with E-state index in [9.17, 15) is 0 Å². The molecule has 1 aromatic rings. The lowest BCUT2D eigenvalue weighted by Gasteiger charge is -2.19. The zero-order valence-corrected chi connectivity index (χ0v) is 11.2. The standard InChI is InChI=1S/C11H22N4O2/c1-8(2)16-7-6-9-10(13-11(3,4)5)17-14-15(9)12/h8,12-13H,6-7H2,1-5H3. The number of nitrogens with zero attached hydrogens (tertiary/aromatic N) is 2. The van der Waals surface area contributed by atoms with Crippen molar-refractivity contribution in [1.29, 1.82) is 0 Å². The first-order valence-electron chi connectivity index (χ1n) is 5.82. The van der Waals surface area contributed by atoms with E-state index in [0.717, 1.165) is 4.79 Å². The summed E-state index contributed by atoms with van der Waals surface area (Å²) in [5, 5.41) is 6.77. The first-order valence-corrected chi connectivity index (χ1v) is 5.82. The molecule has 1 heterocycles. The molecule has 6 heteroatoms. The molecule has 98 valence electrons. The van der Waals surface area contributed by atoms with Gasteiger partial charge in [-0.15, -0.1) is 0 Å². The van der Waals surface area contributed by atoms with E-state index in [1.54, 1.807) is 0 Å². The van der Waals surface area contributed by atoms with E-state index in [0.29, 0.717) is 24.6 Å². The summed E-state index contributed by atoms with van der Waals surface area (Å²) in [7, 11) is 0. The minimum Gasteiger partial charge on any atom is -0.382 e. The summed E-state index contributed by atoms with van der Waals surface area (Å²) in [4.78, 5) is 0.998. The van der Waals surface area contributed by atoms with Gasteiger partial charge in [-0.3, -0.25) is 0 Å². The highest BCUT2D eigenvalue weighted by molar-refractivity contribution is 5.35. The van der Waals surface area contributed by atoms with E-state index >= 15 is 0 Å². The summed E-state index contributed by atoms with van der Waals surface area (Å²) in [5.74, 6) is 8.14. The number of nitrogens with one attached hydrogen (secondary N) is 2. The molecule has 0 aliphatic carbocycles. The fraction of sp³-hybridized carbons (Fsp3) is 0.818. The quantitative estimate of drug-likeness (QED) is 0.801. The molecule has 0 radical (unpaired) electrons. The molecule has 0 aliphatic rings. The van der Waals surface area contributed by atoms with E-state index in [4.69, 9.17) is 15.1 Å². The predicted molar refractivity (Wildman–Crippen MR) is 64.6 cm³/mol. The maximum absolute atomic E-state index is 7.60. The van der Waals surface area contributed by atoms with Crippen molar-refractivity contribution in [2.75, 3.05) is 11.9 Å². The van der Waals surface area contributed by atoms with Gasteiger partial charge in [0.05, 0.1) is 19.1 Å². The van der Waals surface area contributed by atoms with Gasteiger partial charge in [0.2, 0.25) is 0 Å². The van der Waals surface area contributed by atoms with Crippen LogP contribution in [-0.2, 0) is 11.2 Å². The third kappa shape index (κ3) is 4.60. The molecule has 6 nitrogen and oxygen atoms in total. The largest absolute Gasteiger partial charge is 0.382 e. The Bertz CT molecular complexity index is 355. The van der Waals surface area contributed by atoms with Gasteiger partial charge >= 0.3 is 0 Å². The van der Waals surface area contributed by atoms with Crippen molar-refractivity contribution in [1.82, 2.24) is 5.27 Å². The molecule has 0 bridgehead atoms. The van der Waals surface area contributed by atoms with E-state index in [1.807, 2.05) is 34.6 Å². The van der Waals surface area contributed by atoms with Crippen molar-refractivity contribution >= 4 is 5.88 Å². The first kappa shape index (κ1) is 13.8. The van der Waals surface area contributed by atoms with Gasteiger partial charge in [-0.2, -0.15) is 0 Å². The molecule has 0 aliphatic heterocycles. The highest BCUT2D eigenvalue weighted by Gasteiger charge is 2.21. The number of aromatic nitrogens is 2. The lowest BCUT2D eigenvalue weighted by Crippen LogP contribution is -2.33. The minimum atomic E-state index is -0.125. The molecular formula is C11H22N4O2. The van der Waals surface area contributed by atoms with Crippen LogP contribution in [0.3, 0.4) is 0 Å². The van der Waals surface area contributed by atoms with Crippen LogP contribution in [0.15, 0.2) is 4.52 Å². The molecule has 1 aromatic heterocycles. The summed E-state index contributed by atoms with van der Waals surface area (Å²) < 4.78 is 10.5. The van der Waals surface area contributed by atoms with Crippen LogP contribution in [0.5, 0.6) is 0 Å². The Labute approximate surface area is 102 Å². The average molecular weight is 242 g/mol. The molecule has 0 amide bonds. The molecule has 0 fully saturated rings. The van der Waals surface area contributed by atoms with Crippen molar-refractivity contribution in [2.45, 2.75) is 52.7 Å². The van der Waals surface area contributed by atoms with Crippen molar-refractivity contribution in [2.24, 2.45) is 0 Å². The summed E-state index contributed by atoms with van der Waals surface area (Å²) >= 11 is 0. The lowest BCUT2D eigenvalue weighted by atomic mass is 10.1. The van der Waals surface area contributed by atoms with Crippen LogP contribution in [0.1, 0.15) is 40.3 Å². The van der Waals surface area contributed by atoms with Gasteiger partial charge < -0.3 is 14.6 Å². The SMILES string of the molecule is CC(C)OCCc1c(NC(C)(C)C)on[n+]1[NH-]. The Balaban J connectivity index is 2.66. The van der Waals surface area contributed by atoms with Crippen molar-refractivity contribution in [3.05, 3.63) is 11.5 Å². The zero-order valence-electron chi connectivity index (χ0n) is 11.2. The molecule has 17 heavy (non-hydrogen) atoms. The second-order valence-corrected chi connectivity index (χ2v) is 5.31. The van der Waals surface area contributed by atoms with Crippen LogP contribution in [0.25, 0.3) is 5.84 Å². The third-order valence-electron chi connectivity index (χ3n) is 2.01. The zero-order chi connectivity index (χ0) is 13.1. The van der Waals surface area contributed by atoms with Crippen molar-refractivity contribution in [3.8, 4) is 0 Å². The number of hydrogen-bond donors (Lipinski definition) is 1. The number of hydrogen-bond acceptors (Lipinski definition) is 4.